The average Bonchev–Trinajstić information content (AvgIpc) is 3.06. The second-order valence-electron chi connectivity index (χ2n) is 9.12. The van der Waals surface area contributed by atoms with E-state index in [1.807, 2.05) is 44.2 Å². The summed E-state index contributed by atoms with van der Waals surface area (Å²) in [6.45, 7) is 8.66. The van der Waals surface area contributed by atoms with Gasteiger partial charge in [-0.2, -0.15) is 0 Å². The van der Waals surface area contributed by atoms with Gasteiger partial charge in [0.2, 0.25) is 5.91 Å². The van der Waals surface area contributed by atoms with Crippen LogP contribution in [-0.4, -0.2) is 47.2 Å². The van der Waals surface area contributed by atoms with E-state index in [4.69, 9.17) is 16.6 Å². The maximum Gasteiger partial charge on any atom is 0.262 e. The average molecular weight is 482 g/mol. The molecule has 1 saturated heterocycles. The lowest BCUT2D eigenvalue weighted by atomic mass is 10.1. The molecule has 0 radical (unpaired) electrons. The fraction of sp³-hybridized carbons (Fsp3) is 0.423. The molecule has 2 N–H and O–H groups in total. The summed E-state index contributed by atoms with van der Waals surface area (Å²) in [4.78, 5) is 33.5. The van der Waals surface area contributed by atoms with Gasteiger partial charge in [0, 0.05) is 41.4 Å². The number of carbonyl (C=O) groups excluding carboxylic acids is 1. The predicted octanol–water partition coefficient (Wildman–Crippen LogP) is 3.82. The minimum atomic E-state index is -0.235. The number of benzene rings is 2. The Labute approximate surface area is 205 Å². The summed E-state index contributed by atoms with van der Waals surface area (Å²) < 4.78 is 1.45. The third kappa shape index (κ3) is 5.42. The minimum absolute atomic E-state index is 0.0269. The van der Waals surface area contributed by atoms with E-state index in [0.29, 0.717) is 33.4 Å². The number of hydrogen-bond acceptors (Lipinski definition) is 5. The highest BCUT2D eigenvalue weighted by molar-refractivity contribution is 6.30. The fourth-order valence-corrected chi connectivity index (χ4v) is 4.61. The van der Waals surface area contributed by atoms with Crippen LogP contribution in [0.1, 0.15) is 33.6 Å². The third-order valence-corrected chi connectivity index (χ3v) is 6.34. The lowest BCUT2D eigenvalue weighted by Gasteiger charge is -2.26. The van der Waals surface area contributed by atoms with Crippen LogP contribution in [0.2, 0.25) is 5.02 Å². The van der Waals surface area contributed by atoms with E-state index < -0.39 is 0 Å². The Balaban J connectivity index is 1.82. The van der Waals surface area contributed by atoms with Gasteiger partial charge in [-0.15, -0.1) is 0 Å². The molecule has 2 aromatic carbocycles. The van der Waals surface area contributed by atoms with E-state index in [2.05, 4.69) is 22.5 Å². The molecule has 0 bridgehead atoms. The highest BCUT2D eigenvalue weighted by Gasteiger charge is 2.20. The molecule has 0 spiro atoms. The molecule has 8 heteroatoms. The van der Waals surface area contributed by atoms with Crippen molar-refractivity contribution in [1.29, 1.82) is 0 Å². The molecular formula is C26H32ClN5O2. The molecule has 1 aliphatic heterocycles. The lowest BCUT2D eigenvalue weighted by molar-refractivity contribution is -0.122. The number of halogens is 1. The van der Waals surface area contributed by atoms with Gasteiger partial charge in [-0.1, -0.05) is 30.7 Å². The maximum atomic E-state index is 13.7. The van der Waals surface area contributed by atoms with E-state index in [1.165, 1.54) is 4.57 Å². The molecule has 3 aromatic rings. The number of rotatable bonds is 6. The van der Waals surface area contributed by atoms with Crippen molar-refractivity contribution in [3.8, 4) is 11.4 Å². The Morgan fingerprint density at radius 2 is 2.09 bits per heavy atom. The van der Waals surface area contributed by atoms with Crippen LogP contribution in [0.15, 0.2) is 47.3 Å². The molecule has 34 heavy (non-hydrogen) atoms. The molecule has 1 atom stereocenters. The second-order valence-corrected chi connectivity index (χ2v) is 9.56. The first-order chi connectivity index (χ1) is 16.4. The quantitative estimate of drug-likeness (QED) is 0.559. The van der Waals surface area contributed by atoms with Crippen LogP contribution in [0, 0.1) is 0 Å². The number of amides is 1. The predicted molar refractivity (Wildman–Crippen MR) is 139 cm³/mol. The fourth-order valence-electron chi connectivity index (χ4n) is 4.42. The van der Waals surface area contributed by atoms with E-state index in [9.17, 15) is 9.59 Å². The molecule has 0 aliphatic carbocycles. The summed E-state index contributed by atoms with van der Waals surface area (Å²) in [5, 5.41) is 7.50. The van der Waals surface area contributed by atoms with E-state index in [-0.39, 0.29) is 24.1 Å². The summed E-state index contributed by atoms with van der Waals surface area (Å²) in [7, 11) is 0. The highest BCUT2D eigenvalue weighted by atomic mass is 35.5. The van der Waals surface area contributed by atoms with Crippen molar-refractivity contribution in [3.05, 3.63) is 57.8 Å². The van der Waals surface area contributed by atoms with Crippen LogP contribution in [0.5, 0.6) is 0 Å². The highest BCUT2D eigenvalue weighted by Crippen LogP contribution is 2.25. The third-order valence-electron chi connectivity index (χ3n) is 6.11. The van der Waals surface area contributed by atoms with Gasteiger partial charge in [0.25, 0.3) is 5.56 Å². The Bertz CT molecular complexity index is 1240. The van der Waals surface area contributed by atoms with Crippen molar-refractivity contribution < 1.29 is 4.79 Å². The summed E-state index contributed by atoms with van der Waals surface area (Å²) >= 11 is 6.22. The largest absolute Gasteiger partial charge is 0.370 e. The van der Waals surface area contributed by atoms with Crippen molar-refractivity contribution in [2.75, 3.05) is 24.5 Å². The van der Waals surface area contributed by atoms with Crippen LogP contribution in [0.3, 0.4) is 0 Å². The molecule has 1 fully saturated rings. The Kier molecular flexibility index (Phi) is 7.54. The van der Waals surface area contributed by atoms with Crippen LogP contribution >= 0.6 is 11.6 Å². The molecule has 1 aromatic heterocycles. The maximum absolute atomic E-state index is 13.7. The van der Waals surface area contributed by atoms with Crippen molar-refractivity contribution in [1.82, 2.24) is 20.2 Å². The topological polar surface area (TPSA) is 79.3 Å². The number of nitrogens with one attached hydrogen (secondary N) is 2. The normalized spacial score (nSPS) is 16.6. The van der Waals surface area contributed by atoms with Crippen LogP contribution < -0.4 is 21.1 Å². The molecule has 7 nitrogen and oxygen atoms in total. The number of nitrogens with zero attached hydrogens (tertiary/aromatic N) is 3. The number of carbonyl (C=O) groups is 1. The zero-order valence-corrected chi connectivity index (χ0v) is 20.7. The summed E-state index contributed by atoms with van der Waals surface area (Å²) in [5.74, 6) is 0.193. The smallest absolute Gasteiger partial charge is 0.262 e. The van der Waals surface area contributed by atoms with Gasteiger partial charge in [-0.05, 0) is 63.6 Å². The number of aromatic nitrogens is 2. The Hall–Kier alpha value is -2.90. The van der Waals surface area contributed by atoms with Gasteiger partial charge in [0.05, 0.1) is 10.9 Å². The molecule has 180 valence electrons. The van der Waals surface area contributed by atoms with Crippen LogP contribution in [-0.2, 0) is 11.3 Å². The van der Waals surface area contributed by atoms with Crippen molar-refractivity contribution in [2.24, 2.45) is 0 Å². The summed E-state index contributed by atoms with van der Waals surface area (Å²) in [6.07, 6.45) is 2.09. The first-order valence-electron chi connectivity index (χ1n) is 11.9. The van der Waals surface area contributed by atoms with Gasteiger partial charge in [0.1, 0.15) is 12.4 Å². The molecule has 1 amide bonds. The lowest BCUT2D eigenvalue weighted by Crippen LogP contribution is -2.37. The molecule has 1 unspecified atom stereocenters. The van der Waals surface area contributed by atoms with Crippen molar-refractivity contribution in [3.63, 3.8) is 0 Å². The number of anilines is 1. The first-order valence-corrected chi connectivity index (χ1v) is 12.3. The van der Waals surface area contributed by atoms with Gasteiger partial charge >= 0.3 is 0 Å². The molecule has 1 aliphatic rings. The molecular weight excluding hydrogens is 450 g/mol. The first kappa shape index (κ1) is 24.2. The van der Waals surface area contributed by atoms with Crippen LogP contribution in [0.25, 0.3) is 22.3 Å². The Morgan fingerprint density at radius 1 is 1.26 bits per heavy atom. The molecule has 2 heterocycles. The Morgan fingerprint density at radius 3 is 2.82 bits per heavy atom. The van der Waals surface area contributed by atoms with E-state index in [1.54, 1.807) is 12.1 Å². The SMILES string of the molecule is CCC1CN(c2ccc3nc(-c4cccc(Cl)c4)n(CC(=O)NC(C)C)c(=O)c3c2)CCCN1. The van der Waals surface area contributed by atoms with E-state index in [0.717, 1.165) is 38.2 Å². The van der Waals surface area contributed by atoms with Crippen molar-refractivity contribution in [2.45, 2.75) is 52.2 Å². The van der Waals surface area contributed by atoms with E-state index >= 15 is 0 Å². The number of fused-ring (bicyclic) bond motifs is 1. The van der Waals surface area contributed by atoms with Gasteiger partial charge in [-0.25, -0.2) is 4.98 Å². The second kappa shape index (κ2) is 10.6. The van der Waals surface area contributed by atoms with Crippen LogP contribution in [0.4, 0.5) is 5.69 Å². The molecule has 0 saturated carbocycles. The number of hydrogen-bond donors (Lipinski definition) is 2. The summed E-state index contributed by atoms with van der Waals surface area (Å²) in [6, 6.07) is 13.4. The zero-order chi connectivity index (χ0) is 24.2. The molecule has 4 rings (SSSR count). The summed E-state index contributed by atoms with van der Waals surface area (Å²) in [5.41, 5.74) is 2.06. The van der Waals surface area contributed by atoms with Crippen molar-refractivity contribution >= 4 is 34.1 Å². The monoisotopic (exact) mass is 481 g/mol. The van der Waals surface area contributed by atoms with Gasteiger partial charge in [0.15, 0.2) is 0 Å². The van der Waals surface area contributed by atoms with Gasteiger partial charge in [-0.3, -0.25) is 14.2 Å². The van der Waals surface area contributed by atoms with Gasteiger partial charge < -0.3 is 15.5 Å². The minimum Gasteiger partial charge on any atom is -0.370 e. The standard InChI is InChI=1S/C26H32ClN5O2/c1-4-20-15-31(12-6-11-28-20)21-9-10-23-22(14-21)26(34)32(16-24(33)29-17(2)3)25(30-23)18-7-5-8-19(27)13-18/h5,7-10,13-14,17,20,28H,4,6,11-12,15-16H2,1-3H3,(H,29,33). The zero-order valence-electron chi connectivity index (χ0n) is 20.0.